The van der Waals surface area contributed by atoms with Crippen molar-refractivity contribution in [2.75, 3.05) is 0 Å². The number of ether oxygens (including phenoxy) is 1. The molecule has 0 amide bonds. The first-order chi connectivity index (χ1) is 9.54. The third-order valence-electron chi connectivity index (χ3n) is 2.68. The Bertz CT molecular complexity index is 594. The summed E-state index contributed by atoms with van der Waals surface area (Å²) < 4.78 is 5.54. The van der Waals surface area contributed by atoms with E-state index in [0.29, 0.717) is 22.8 Å². The molecule has 0 aliphatic rings. The maximum absolute atomic E-state index is 12.2. The number of Topliss-reactive ketones (excluding diaryl/α,β-unsaturated/α-hetero) is 1. The minimum Gasteiger partial charge on any atom is -0.489 e. The van der Waals surface area contributed by atoms with E-state index in [-0.39, 0.29) is 11.9 Å². The summed E-state index contributed by atoms with van der Waals surface area (Å²) in [5.74, 6) is 0.621. The molecule has 0 bridgehead atoms. The van der Waals surface area contributed by atoms with Gasteiger partial charge in [-0.25, -0.2) is 0 Å². The van der Waals surface area contributed by atoms with Crippen molar-refractivity contribution in [3.05, 3.63) is 58.9 Å². The maximum Gasteiger partial charge on any atom is 0.168 e. The Morgan fingerprint density at radius 3 is 2.60 bits per heavy atom. The number of halogens is 1. The van der Waals surface area contributed by atoms with Crippen molar-refractivity contribution >= 4 is 17.4 Å². The van der Waals surface area contributed by atoms with E-state index in [1.165, 1.54) is 0 Å². The smallest absolute Gasteiger partial charge is 0.168 e. The molecule has 3 nitrogen and oxygen atoms in total. The number of pyridine rings is 1. The van der Waals surface area contributed by atoms with Crippen LogP contribution in [0.15, 0.2) is 42.7 Å². The molecule has 4 heteroatoms. The second-order valence-electron chi connectivity index (χ2n) is 4.80. The van der Waals surface area contributed by atoms with Gasteiger partial charge < -0.3 is 4.74 Å². The molecule has 0 fully saturated rings. The van der Waals surface area contributed by atoms with E-state index in [4.69, 9.17) is 16.3 Å². The third-order valence-corrected chi connectivity index (χ3v) is 2.94. The number of hydrogen-bond donors (Lipinski definition) is 0. The molecule has 1 aromatic heterocycles. The Morgan fingerprint density at radius 1 is 1.25 bits per heavy atom. The van der Waals surface area contributed by atoms with Gasteiger partial charge in [0.15, 0.2) is 5.78 Å². The highest BCUT2D eigenvalue weighted by Crippen LogP contribution is 2.16. The zero-order chi connectivity index (χ0) is 14.5. The first kappa shape index (κ1) is 14.5. The summed E-state index contributed by atoms with van der Waals surface area (Å²) >= 11 is 5.82. The molecule has 2 aromatic rings. The summed E-state index contributed by atoms with van der Waals surface area (Å²) in [6, 6.07) is 8.98. The number of hydrogen-bond acceptors (Lipinski definition) is 3. The van der Waals surface area contributed by atoms with Crippen LogP contribution in [-0.4, -0.2) is 16.9 Å². The summed E-state index contributed by atoms with van der Waals surface area (Å²) in [5.41, 5.74) is 1.48. The molecule has 1 heterocycles. The summed E-state index contributed by atoms with van der Waals surface area (Å²) in [4.78, 5) is 16.3. The fourth-order valence-electron chi connectivity index (χ4n) is 1.80. The molecule has 0 unspecified atom stereocenters. The van der Waals surface area contributed by atoms with Gasteiger partial charge >= 0.3 is 0 Å². The van der Waals surface area contributed by atoms with Gasteiger partial charge in [0.05, 0.1) is 12.3 Å². The van der Waals surface area contributed by atoms with Gasteiger partial charge in [0.2, 0.25) is 0 Å². The van der Waals surface area contributed by atoms with E-state index in [1.54, 1.807) is 30.6 Å². The second-order valence-corrected chi connectivity index (χ2v) is 5.24. The summed E-state index contributed by atoms with van der Waals surface area (Å²) in [6.07, 6.45) is 3.55. The van der Waals surface area contributed by atoms with E-state index >= 15 is 0 Å². The third kappa shape index (κ3) is 4.07. The topological polar surface area (TPSA) is 39.2 Å². The molecule has 0 saturated heterocycles. The molecule has 0 radical (unpaired) electrons. The normalized spacial score (nSPS) is 10.6. The first-order valence-electron chi connectivity index (χ1n) is 6.44. The van der Waals surface area contributed by atoms with Gasteiger partial charge in [-0.05, 0) is 37.6 Å². The van der Waals surface area contributed by atoms with E-state index in [1.807, 2.05) is 26.0 Å². The fourth-order valence-corrected chi connectivity index (χ4v) is 1.92. The zero-order valence-corrected chi connectivity index (χ0v) is 12.2. The Labute approximate surface area is 123 Å². The second kappa shape index (κ2) is 6.53. The Morgan fingerprint density at radius 2 is 1.95 bits per heavy atom. The molecule has 2 rings (SSSR count). The van der Waals surface area contributed by atoms with Gasteiger partial charge in [-0.1, -0.05) is 23.7 Å². The molecule has 0 N–H and O–H groups in total. The highest BCUT2D eigenvalue weighted by Gasteiger charge is 2.09. The zero-order valence-electron chi connectivity index (χ0n) is 11.5. The first-order valence-corrected chi connectivity index (χ1v) is 6.82. The Hall–Kier alpha value is -1.87. The van der Waals surface area contributed by atoms with Crippen molar-refractivity contribution in [2.45, 2.75) is 26.4 Å². The van der Waals surface area contributed by atoms with Crippen LogP contribution in [0.2, 0.25) is 5.02 Å². The average molecular weight is 290 g/mol. The average Bonchev–Trinajstić information content (AvgIpc) is 2.41. The van der Waals surface area contributed by atoms with Crippen molar-refractivity contribution in [2.24, 2.45) is 0 Å². The molecular formula is C16H16ClNO2. The summed E-state index contributed by atoms with van der Waals surface area (Å²) in [6.45, 7) is 3.87. The lowest BCUT2D eigenvalue weighted by molar-refractivity contribution is 0.0992. The highest BCUT2D eigenvalue weighted by atomic mass is 35.5. The molecule has 0 aliphatic carbocycles. The Balaban J connectivity index is 2.10. The predicted octanol–water partition coefficient (Wildman–Crippen LogP) is 3.95. The lowest BCUT2D eigenvalue weighted by Crippen LogP contribution is -2.08. The molecule has 20 heavy (non-hydrogen) atoms. The number of carbonyl (C=O) groups is 1. The number of carbonyl (C=O) groups excluding carboxylic acids is 1. The van der Waals surface area contributed by atoms with Crippen LogP contribution in [0.5, 0.6) is 5.75 Å². The van der Waals surface area contributed by atoms with Gasteiger partial charge in [0.1, 0.15) is 5.75 Å². The van der Waals surface area contributed by atoms with Crippen LogP contribution in [-0.2, 0) is 6.42 Å². The molecule has 0 spiro atoms. The molecule has 0 atom stereocenters. The molecule has 0 saturated carbocycles. The number of rotatable bonds is 5. The predicted molar refractivity (Wildman–Crippen MR) is 79.5 cm³/mol. The van der Waals surface area contributed by atoms with Crippen molar-refractivity contribution in [3.63, 3.8) is 0 Å². The van der Waals surface area contributed by atoms with Gasteiger partial charge in [-0.3, -0.25) is 9.78 Å². The number of aromatic nitrogens is 1. The van der Waals surface area contributed by atoms with Crippen LogP contribution in [0.4, 0.5) is 0 Å². The van der Waals surface area contributed by atoms with E-state index in [0.717, 1.165) is 5.56 Å². The monoisotopic (exact) mass is 289 g/mol. The van der Waals surface area contributed by atoms with Gasteiger partial charge in [0.25, 0.3) is 0 Å². The minimum atomic E-state index is 0.00836. The van der Waals surface area contributed by atoms with Crippen LogP contribution in [0, 0.1) is 0 Å². The molecule has 1 aromatic carbocycles. The van der Waals surface area contributed by atoms with Crippen LogP contribution in [0.3, 0.4) is 0 Å². The lowest BCUT2D eigenvalue weighted by Gasteiger charge is -2.10. The lowest BCUT2D eigenvalue weighted by atomic mass is 10.0. The van der Waals surface area contributed by atoms with Gasteiger partial charge in [-0.2, -0.15) is 0 Å². The van der Waals surface area contributed by atoms with Crippen LogP contribution in [0.1, 0.15) is 29.8 Å². The van der Waals surface area contributed by atoms with Crippen LogP contribution in [0.25, 0.3) is 0 Å². The Kier molecular flexibility index (Phi) is 4.74. The number of nitrogens with zero attached hydrogens (tertiary/aromatic N) is 1. The quantitative estimate of drug-likeness (QED) is 0.783. The summed E-state index contributed by atoms with van der Waals surface area (Å²) in [7, 11) is 0. The van der Waals surface area contributed by atoms with Crippen molar-refractivity contribution in [1.82, 2.24) is 4.98 Å². The standard InChI is InChI=1S/C16H16ClNO2/c1-11(2)20-15-8-13(9-18-10-15)16(19)7-12-3-5-14(17)6-4-12/h3-6,8-11H,7H2,1-2H3. The number of ketones is 1. The van der Waals surface area contributed by atoms with Crippen LogP contribution >= 0.6 is 11.6 Å². The largest absolute Gasteiger partial charge is 0.489 e. The van der Waals surface area contributed by atoms with Crippen molar-refractivity contribution in [1.29, 1.82) is 0 Å². The number of benzene rings is 1. The van der Waals surface area contributed by atoms with E-state index in [9.17, 15) is 4.79 Å². The van der Waals surface area contributed by atoms with Crippen LogP contribution < -0.4 is 4.74 Å². The van der Waals surface area contributed by atoms with Crippen molar-refractivity contribution in [3.8, 4) is 5.75 Å². The highest BCUT2D eigenvalue weighted by molar-refractivity contribution is 6.30. The summed E-state index contributed by atoms with van der Waals surface area (Å²) in [5, 5.41) is 0.662. The minimum absolute atomic E-state index is 0.00836. The molecule has 0 aliphatic heterocycles. The molecular weight excluding hydrogens is 274 g/mol. The van der Waals surface area contributed by atoms with Gasteiger partial charge in [0, 0.05) is 23.2 Å². The van der Waals surface area contributed by atoms with E-state index < -0.39 is 0 Å². The van der Waals surface area contributed by atoms with Gasteiger partial charge in [-0.15, -0.1) is 0 Å². The molecule has 104 valence electrons. The van der Waals surface area contributed by atoms with E-state index in [2.05, 4.69) is 4.98 Å². The fraction of sp³-hybridized carbons (Fsp3) is 0.250. The maximum atomic E-state index is 12.2. The SMILES string of the molecule is CC(C)Oc1cncc(C(=O)Cc2ccc(Cl)cc2)c1. The van der Waals surface area contributed by atoms with Crippen molar-refractivity contribution < 1.29 is 9.53 Å².